The van der Waals surface area contributed by atoms with Gasteiger partial charge in [0.15, 0.2) is 5.16 Å². The van der Waals surface area contributed by atoms with Crippen LogP contribution in [-0.4, -0.2) is 25.8 Å². The Morgan fingerprint density at radius 2 is 1.94 bits per heavy atom. The van der Waals surface area contributed by atoms with Crippen LogP contribution in [0.3, 0.4) is 0 Å². The van der Waals surface area contributed by atoms with Crippen LogP contribution in [0.15, 0.2) is 35.6 Å². The van der Waals surface area contributed by atoms with Gasteiger partial charge in [0.25, 0.3) is 0 Å². The Labute approximate surface area is 112 Å². The second-order valence-corrected chi connectivity index (χ2v) is 5.49. The van der Waals surface area contributed by atoms with Crippen molar-refractivity contribution in [1.82, 2.24) is 9.55 Å². The molecule has 0 saturated carbocycles. The van der Waals surface area contributed by atoms with Gasteiger partial charge in [-0.05, 0) is 24.3 Å². The van der Waals surface area contributed by atoms with Crippen LogP contribution in [0, 0.1) is 0 Å². The van der Waals surface area contributed by atoms with Gasteiger partial charge in [-0.1, -0.05) is 11.6 Å². The minimum atomic E-state index is -1.22. The molecule has 1 unspecified atom stereocenters. The topological polar surface area (TPSA) is 52.0 Å². The molecule has 0 fully saturated rings. The van der Waals surface area contributed by atoms with Crippen molar-refractivity contribution in [3.05, 3.63) is 46.7 Å². The van der Waals surface area contributed by atoms with Crippen LogP contribution in [0.1, 0.15) is 16.1 Å². The standard InChI is InChI=1S/C12H11ClN2O2S/c1-15-10(7-14-12(15)18(2)17)11(16)8-3-5-9(13)6-4-8/h3-7H,1-2H3. The normalized spacial score (nSPS) is 12.4. The number of imidazole rings is 1. The maximum atomic E-state index is 12.2. The lowest BCUT2D eigenvalue weighted by Gasteiger charge is -2.03. The molecule has 18 heavy (non-hydrogen) atoms. The Morgan fingerprint density at radius 1 is 1.33 bits per heavy atom. The lowest BCUT2D eigenvalue weighted by atomic mass is 10.1. The average molecular weight is 283 g/mol. The van der Waals surface area contributed by atoms with Gasteiger partial charge in [-0.3, -0.25) is 9.00 Å². The molecule has 1 aromatic carbocycles. The molecule has 2 aromatic rings. The van der Waals surface area contributed by atoms with E-state index in [1.54, 1.807) is 35.9 Å². The molecule has 0 aliphatic heterocycles. The summed E-state index contributed by atoms with van der Waals surface area (Å²) in [4.78, 5) is 16.2. The molecule has 1 heterocycles. The summed E-state index contributed by atoms with van der Waals surface area (Å²) in [7, 11) is 0.456. The summed E-state index contributed by atoms with van der Waals surface area (Å²) >= 11 is 5.77. The molecule has 4 nitrogen and oxygen atoms in total. The van der Waals surface area contributed by atoms with Gasteiger partial charge >= 0.3 is 0 Å². The van der Waals surface area contributed by atoms with Crippen LogP contribution in [0.4, 0.5) is 0 Å². The van der Waals surface area contributed by atoms with E-state index in [0.29, 0.717) is 21.4 Å². The molecule has 0 saturated heterocycles. The van der Waals surface area contributed by atoms with Crippen LogP contribution in [-0.2, 0) is 17.8 Å². The minimum Gasteiger partial charge on any atom is -0.317 e. The lowest BCUT2D eigenvalue weighted by molar-refractivity contribution is 0.103. The van der Waals surface area contributed by atoms with E-state index >= 15 is 0 Å². The molecule has 0 aliphatic rings. The van der Waals surface area contributed by atoms with Crippen molar-refractivity contribution in [2.75, 3.05) is 6.26 Å². The van der Waals surface area contributed by atoms with E-state index in [-0.39, 0.29) is 5.78 Å². The molecular formula is C12H11ClN2O2S. The van der Waals surface area contributed by atoms with Gasteiger partial charge in [-0.25, -0.2) is 4.98 Å². The molecule has 94 valence electrons. The second kappa shape index (κ2) is 5.04. The lowest BCUT2D eigenvalue weighted by Crippen LogP contribution is -2.09. The number of hydrogen-bond donors (Lipinski definition) is 0. The van der Waals surface area contributed by atoms with Crippen molar-refractivity contribution in [1.29, 1.82) is 0 Å². The van der Waals surface area contributed by atoms with Gasteiger partial charge in [0.2, 0.25) is 5.78 Å². The fourth-order valence-electron chi connectivity index (χ4n) is 1.62. The summed E-state index contributed by atoms with van der Waals surface area (Å²) in [5.41, 5.74) is 0.929. The number of hydrogen-bond acceptors (Lipinski definition) is 3. The molecule has 0 radical (unpaired) electrons. The van der Waals surface area contributed by atoms with E-state index in [9.17, 15) is 9.00 Å². The Hall–Kier alpha value is -1.46. The summed E-state index contributed by atoms with van der Waals surface area (Å²) in [6.45, 7) is 0. The van der Waals surface area contributed by atoms with Crippen molar-refractivity contribution in [2.45, 2.75) is 5.16 Å². The molecule has 1 aromatic heterocycles. The third-order valence-electron chi connectivity index (χ3n) is 2.54. The molecular weight excluding hydrogens is 272 g/mol. The van der Waals surface area contributed by atoms with Crippen LogP contribution < -0.4 is 0 Å². The number of carbonyl (C=O) groups excluding carboxylic acids is 1. The van der Waals surface area contributed by atoms with Crippen molar-refractivity contribution < 1.29 is 9.00 Å². The summed E-state index contributed by atoms with van der Waals surface area (Å²) < 4.78 is 12.9. The van der Waals surface area contributed by atoms with Gasteiger partial charge in [-0.2, -0.15) is 0 Å². The molecule has 2 rings (SSSR count). The second-order valence-electron chi connectivity index (χ2n) is 3.78. The number of benzene rings is 1. The number of rotatable bonds is 3. The van der Waals surface area contributed by atoms with Crippen LogP contribution in [0.25, 0.3) is 0 Å². The molecule has 0 N–H and O–H groups in total. The van der Waals surface area contributed by atoms with E-state index in [4.69, 9.17) is 11.6 Å². The number of carbonyl (C=O) groups is 1. The quantitative estimate of drug-likeness (QED) is 0.810. The monoisotopic (exact) mass is 282 g/mol. The Morgan fingerprint density at radius 3 is 2.44 bits per heavy atom. The van der Waals surface area contributed by atoms with Crippen molar-refractivity contribution in [3.8, 4) is 0 Å². The number of nitrogens with zero attached hydrogens (tertiary/aromatic N) is 2. The van der Waals surface area contributed by atoms with Crippen molar-refractivity contribution in [3.63, 3.8) is 0 Å². The largest absolute Gasteiger partial charge is 0.317 e. The van der Waals surface area contributed by atoms with Gasteiger partial charge < -0.3 is 4.57 Å². The minimum absolute atomic E-state index is 0.168. The van der Waals surface area contributed by atoms with E-state index in [1.807, 2.05) is 0 Å². The predicted octanol–water partition coefficient (Wildman–Crippen LogP) is 2.04. The Balaban J connectivity index is 2.40. The zero-order chi connectivity index (χ0) is 13.3. The van der Waals surface area contributed by atoms with Gasteiger partial charge in [0.1, 0.15) is 5.69 Å². The highest BCUT2D eigenvalue weighted by molar-refractivity contribution is 7.84. The predicted molar refractivity (Wildman–Crippen MR) is 70.4 cm³/mol. The van der Waals surface area contributed by atoms with Gasteiger partial charge in [0.05, 0.1) is 17.0 Å². The van der Waals surface area contributed by atoms with E-state index < -0.39 is 10.8 Å². The van der Waals surface area contributed by atoms with Crippen molar-refractivity contribution in [2.24, 2.45) is 7.05 Å². The SMILES string of the molecule is Cn1c(C(=O)c2ccc(Cl)cc2)cnc1S(C)=O. The smallest absolute Gasteiger partial charge is 0.211 e. The third-order valence-corrected chi connectivity index (χ3v) is 3.69. The summed E-state index contributed by atoms with van der Waals surface area (Å²) in [6.07, 6.45) is 2.96. The van der Waals surface area contributed by atoms with Crippen molar-refractivity contribution >= 4 is 28.2 Å². The fraction of sp³-hybridized carbons (Fsp3) is 0.167. The summed E-state index contributed by atoms with van der Waals surface area (Å²) in [5.74, 6) is -0.168. The number of ketones is 1. The first-order valence-electron chi connectivity index (χ1n) is 5.16. The average Bonchev–Trinajstić information content (AvgIpc) is 2.71. The van der Waals surface area contributed by atoms with Gasteiger partial charge in [-0.15, -0.1) is 0 Å². The number of aromatic nitrogens is 2. The van der Waals surface area contributed by atoms with E-state index in [2.05, 4.69) is 4.98 Å². The molecule has 1 atom stereocenters. The first-order chi connectivity index (χ1) is 8.50. The highest BCUT2D eigenvalue weighted by Crippen LogP contribution is 2.15. The number of halogens is 1. The first kappa shape index (κ1) is 13.0. The zero-order valence-corrected chi connectivity index (χ0v) is 11.5. The maximum Gasteiger partial charge on any atom is 0.211 e. The van der Waals surface area contributed by atoms with E-state index in [0.717, 1.165) is 0 Å². The zero-order valence-electron chi connectivity index (χ0n) is 9.88. The highest BCUT2D eigenvalue weighted by atomic mass is 35.5. The first-order valence-corrected chi connectivity index (χ1v) is 7.09. The Kier molecular flexibility index (Phi) is 3.63. The molecule has 0 bridgehead atoms. The van der Waals surface area contributed by atoms with Crippen LogP contribution in [0.5, 0.6) is 0 Å². The Bertz CT molecular complexity index is 620. The third kappa shape index (κ3) is 2.37. The highest BCUT2D eigenvalue weighted by Gasteiger charge is 2.17. The fourth-order valence-corrected chi connectivity index (χ4v) is 2.43. The summed E-state index contributed by atoms with van der Waals surface area (Å²) in [5, 5.41) is 0.958. The molecule has 0 amide bonds. The van der Waals surface area contributed by atoms with E-state index in [1.165, 1.54) is 12.5 Å². The molecule has 6 heteroatoms. The van der Waals surface area contributed by atoms with Gasteiger partial charge in [0, 0.05) is 23.9 Å². The molecule has 0 aliphatic carbocycles. The van der Waals surface area contributed by atoms with Crippen LogP contribution in [0.2, 0.25) is 5.02 Å². The van der Waals surface area contributed by atoms with Crippen LogP contribution >= 0.6 is 11.6 Å². The summed E-state index contributed by atoms with van der Waals surface area (Å²) in [6, 6.07) is 6.62. The molecule has 0 spiro atoms. The maximum absolute atomic E-state index is 12.2.